The van der Waals surface area contributed by atoms with Crippen molar-refractivity contribution in [3.63, 3.8) is 0 Å². The molecule has 2 aromatic carbocycles. The van der Waals surface area contributed by atoms with E-state index >= 15 is 0 Å². The molecule has 2 aromatic rings. The number of urea groups is 1. The van der Waals surface area contributed by atoms with Crippen LogP contribution < -0.4 is 16.4 Å². The summed E-state index contributed by atoms with van der Waals surface area (Å²) in [6, 6.07) is 10.2. The summed E-state index contributed by atoms with van der Waals surface area (Å²) in [6.45, 7) is 1.93. The van der Waals surface area contributed by atoms with Crippen LogP contribution in [0, 0.1) is 6.92 Å². The molecule has 2 rings (SSSR count). The number of carbonyl (C=O) groups is 1. The fraction of sp³-hybridized carbons (Fsp3) is 0.0714. The smallest absolute Gasteiger partial charge is 0.323 e. The first-order chi connectivity index (χ1) is 9.45. The molecule has 0 radical (unpaired) electrons. The van der Waals surface area contributed by atoms with Gasteiger partial charge in [-0.3, -0.25) is 0 Å². The van der Waals surface area contributed by atoms with Crippen LogP contribution in [0.25, 0.3) is 0 Å². The molecule has 0 saturated carbocycles. The van der Waals surface area contributed by atoms with Gasteiger partial charge in [-0.1, -0.05) is 17.7 Å². The van der Waals surface area contributed by atoms with Crippen molar-refractivity contribution in [3.05, 3.63) is 51.5 Å². The van der Waals surface area contributed by atoms with Crippen LogP contribution in [-0.4, -0.2) is 6.03 Å². The lowest BCUT2D eigenvalue weighted by molar-refractivity contribution is 0.262. The van der Waals surface area contributed by atoms with E-state index in [1.807, 2.05) is 13.0 Å². The van der Waals surface area contributed by atoms with Crippen LogP contribution in [0.5, 0.6) is 0 Å². The maximum Gasteiger partial charge on any atom is 0.323 e. The Bertz CT molecular complexity index is 638. The predicted molar refractivity (Wildman–Crippen MR) is 87.4 cm³/mol. The van der Waals surface area contributed by atoms with E-state index in [9.17, 15) is 4.79 Å². The molecule has 0 bridgehead atoms. The molecule has 0 aliphatic carbocycles. The SMILES string of the molecule is Cc1cc(N)c(NC(=O)Nc2cccc(Cl)c2)c(Br)c1. The third-order valence-corrected chi connectivity index (χ3v) is 3.45. The summed E-state index contributed by atoms with van der Waals surface area (Å²) in [6.07, 6.45) is 0. The van der Waals surface area contributed by atoms with E-state index in [0.29, 0.717) is 22.1 Å². The lowest BCUT2D eigenvalue weighted by Crippen LogP contribution is -2.20. The number of rotatable bonds is 2. The lowest BCUT2D eigenvalue weighted by atomic mass is 10.2. The summed E-state index contributed by atoms with van der Waals surface area (Å²) in [5, 5.41) is 5.95. The minimum Gasteiger partial charge on any atom is -0.397 e. The quantitative estimate of drug-likeness (QED) is 0.688. The van der Waals surface area contributed by atoms with Crippen LogP contribution in [0.3, 0.4) is 0 Å². The molecule has 0 saturated heterocycles. The fourth-order valence-corrected chi connectivity index (χ4v) is 2.62. The Kier molecular flexibility index (Phi) is 4.52. The van der Waals surface area contributed by atoms with Crippen molar-refractivity contribution in [2.75, 3.05) is 16.4 Å². The third-order valence-electron chi connectivity index (χ3n) is 2.59. The van der Waals surface area contributed by atoms with Crippen molar-refractivity contribution in [1.29, 1.82) is 0 Å². The van der Waals surface area contributed by atoms with Gasteiger partial charge in [0.1, 0.15) is 0 Å². The molecule has 0 unspecified atom stereocenters. The van der Waals surface area contributed by atoms with Crippen LogP contribution in [0.2, 0.25) is 5.02 Å². The Morgan fingerprint density at radius 1 is 1.25 bits per heavy atom. The van der Waals surface area contributed by atoms with Crippen molar-refractivity contribution >= 4 is 50.6 Å². The average Bonchev–Trinajstić information content (AvgIpc) is 2.33. The molecule has 0 spiro atoms. The normalized spacial score (nSPS) is 10.2. The van der Waals surface area contributed by atoms with Crippen molar-refractivity contribution in [2.45, 2.75) is 6.92 Å². The first kappa shape index (κ1) is 14.7. The van der Waals surface area contributed by atoms with Crippen LogP contribution in [-0.2, 0) is 0 Å². The third kappa shape index (κ3) is 3.65. The van der Waals surface area contributed by atoms with Crippen molar-refractivity contribution in [1.82, 2.24) is 0 Å². The van der Waals surface area contributed by atoms with E-state index in [1.165, 1.54) is 0 Å². The molecule has 104 valence electrons. The Morgan fingerprint density at radius 2 is 2.00 bits per heavy atom. The van der Waals surface area contributed by atoms with Gasteiger partial charge >= 0.3 is 6.03 Å². The summed E-state index contributed by atoms with van der Waals surface area (Å²) < 4.78 is 0.733. The maximum absolute atomic E-state index is 11.9. The number of nitrogen functional groups attached to an aromatic ring is 1. The van der Waals surface area contributed by atoms with Gasteiger partial charge in [-0.15, -0.1) is 0 Å². The van der Waals surface area contributed by atoms with Gasteiger partial charge < -0.3 is 16.4 Å². The van der Waals surface area contributed by atoms with E-state index < -0.39 is 0 Å². The number of aryl methyl sites for hydroxylation is 1. The predicted octanol–water partition coefficient (Wildman–Crippen LogP) is 4.64. The van der Waals surface area contributed by atoms with Crippen molar-refractivity contribution in [3.8, 4) is 0 Å². The number of carbonyl (C=O) groups excluding carboxylic acids is 1. The van der Waals surface area contributed by atoms with Gasteiger partial charge in [0, 0.05) is 15.2 Å². The topological polar surface area (TPSA) is 67.1 Å². The number of benzene rings is 2. The van der Waals surface area contributed by atoms with Crippen LogP contribution in [0.1, 0.15) is 5.56 Å². The summed E-state index contributed by atoms with van der Waals surface area (Å²) >= 11 is 9.24. The number of hydrogen-bond acceptors (Lipinski definition) is 2. The minimum absolute atomic E-state index is 0.386. The molecule has 0 aliphatic heterocycles. The Hall–Kier alpha value is -1.72. The molecule has 0 aromatic heterocycles. The molecule has 20 heavy (non-hydrogen) atoms. The molecule has 0 fully saturated rings. The molecule has 0 heterocycles. The number of anilines is 3. The standard InChI is InChI=1S/C14H13BrClN3O/c1-8-5-11(15)13(12(17)6-8)19-14(20)18-10-4-2-3-9(16)7-10/h2-7H,17H2,1H3,(H2,18,19,20). The molecule has 4 nitrogen and oxygen atoms in total. The summed E-state index contributed by atoms with van der Waals surface area (Å²) in [7, 11) is 0. The van der Waals surface area contributed by atoms with Gasteiger partial charge in [0.05, 0.1) is 11.4 Å². The zero-order valence-corrected chi connectivity index (χ0v) is 13.0. The van der Waals surface area contributed by atoms with Gasteiger partial charge in [0.2, 0.25) is 0 Å². The van der Waals surface area contributed by atoms with Gasteiger partial charge in [0.15, 0.2) is 0 Å². The van der Waals surface area contributed by atoms with E-state index in [4.69, 9.17) is 17.3 Å². The van der Waals surface area contributed by atoms with Crippen LogP contribution >= 0.6 is 27.5 Å². The highest BCUT2D eigenvalue weighted by Crippen LogP contribution is 2.30. The lowest BCUT2D eigenvalue weighted by Gasteiger charge is -2.12. The van der Waals surface area contributed by atoms with Crippen molar-refractivity contribution < 1.29 is 4.79 Å². The van der Waals surface area contributed by atoms with E-state index in [0.717, 1.165) is 10.0 Å². The molecule has 6 heteroatoms. The molecule has 2 amide bonds. The van der Waals surface area contributed by atoms with Gasteiger partial charge in [0.25, 0.3) is 0 Å². The Labute approximate surface area is 130 Å². The number of nitrogens with two attached hydrogens (primary N) is 1. The zero-order valence-electron chi connectivity index (χ0n) is 10.7. The van der Waals surface area contributed by atoms with E-state index in [2.05, 4.69) is 26.6 Å². The zero-order chi connectivity index (χ0) is 14.7. The molecule has 4 N–H and O–H groups in total. The molecule has 0 atom stereocenters. The van der Waals surface area contributed by atoms with E-state index in [-0.39, 0.29) is 6.03 Å². The monoisotopic (exact) mass is 353 g/mol. The summed E-state index contributed by atoms with van der Waals surface area (Å²) in [5.41, 5.74) is 8.55. The highest BCUT2D eigenvalue weighted by atomic mass is 79.9. The van der Waals surface area contributed by atoms with E-state index in [1.54, 1.807) is 30.3 Å². The first-order valence-electron chi connectivity index (χ1n) is 5.85. The summed E-state index contributed by atoms with van der Waals surface area (Å²) in [4.78, 5) is 11.9. The number of nitrogens with one attached hydrogen (secondary N) is 2. The minimum atomic E-state index is -0.386. The molecule has 0 aliphatic rings. The highest BCUT2D eigenvalue weighted by molar-refractivity contribution is 9.10. The Balaban J connectivity index is 2.13. The number of halogens is 2. The van der Waals surface area contributed by atoms with Crippen LogP contribution in [0.15, 0.2) is 40.9 Å². The fourth-order valence-electron chi connectivity index (χ4n) is 1.74. The second-order valence-electron chi connectivity index (χ2n) is 4.30. The maximum atomic E-state index is 11.9. The number of amides is 2. The molecular formula is C14H13BrClN3O. The average molecular weight is 355 g/mol. The molecular weight excluding hydrogens is 342 g/mol. The highest BCUT2D eigenvalue weighted by Gasteiger charge is 2.10. The van der Waals surface area contributed by atoms with Gasteiger partial charge in [-0.05, 0) is 58.7 Å². The number of hydrogen-bond donors (Lipinski definition) is 3. The summed E-state index contributed by atoms with van der Waals surface area (Å²) in [5.74, 6) is 0. The van der Waals surface area contributed by atoms with Crippen LogP contribution in [0.4, 0.5) is 21.9 Å². The second kappa shape index (κ2) is 6.15. The first-order valence-corrected chi connectivity index (χ1v) is 7.02. The van der Waals surface area contributed by atoms with Gasteiger partial charge in [-0.25, -0.2) is 4.79 Å². The largest absolute Gasteiger partial charge is 0.397 e. The van der Waals surface area contributed by atoms with Gasteiger partial charge in [-0.2, -0.15) is 0 Å². The second-order valence-corrected chi connectivity index (χ2v) is 5.59. The Morgan fingerprint density at radius 3 is 2.65 bits per heavy atom. The van der Waals surface area contributed by atoms with Crippen molar-refractivity contribution in [2.24, 2.45) is 0 Å².